The molecule has 0 saturated heterocycles. The maximum atomic E-state index is 11.2. The Morgan fingerprint density at radius 2 is 2.35 bits per heavy atom. The molecule has 0 aliphatic heterocycles. The van der Waals surface area contributed by atoms with Gasteiger partial charge in [-0.05, 0) is 13.3 Å². The molecule has 1 unspecified atom stereocenters. The van der Waals surface area contributed by atoms with E-state index in [-0.39, 0.29) is 6.61 Å². The lowest BCUT2D eigenvalue weighted by molar-refractivity contribution is -0.163. The normalized spacial score (nSPS) is 14.1. The maximum Gasteiger partial charge on any atom is 0.341 e. The van der Waals surface area contributed by atoms with Crippen molar-refractivity contribution >= 4 is 5.97 Å². The molecule has 0 aliphatic rings. The van der Waals surface area contributed by atoms with Crippen molar-refractivity contribution in [1.29, 1.82) is 0 Å². The standard InChI is InChI=1S/C11H18N2O4/c1-4-5-13-7-9(6-12-13)17-8-11(2,15)10(14)16-3/h6-7,15H,4-5,8H2,1-3H3. The molecule has 96 valence electrons. The fraction of sp³-hybridized carbons (Fsp3) is 0.636. The number of carbonyl (C=O) groups is 1. The quantitative estimate of drug-likeness (QED) is 0.739. The summed E-state index contributed by atoms with van der Waals surface area (Å²) in [7, 11) is 1.22. The van der Waals surface area contributed by atoms with Crippen molar-refractivity contribution in [3.63, 3.8) is 0 Å². The Kier molecular flexibility index (Phi) is 4.51. The number of esters is 1. The van der Waals surface area contributed by atoms with Gasteiger partial charge in [0.25, 0.3) is 0 Å². The van der Waals surface area contributed by atoms with Crippen LogP contribution < -0.4 is 4.74 Å². The van der Waals surface area contributed by atoms with Gasteiger partial charge in [-0.2, -0.15) is 5.10 Å². The van der Waals surface area contributed by atoms with E-state index >= 15 is 0 Å². The number of rotatable bonds is 6. The summed E-state index contributed by atoms with van der Waals surface area (Å²) >= 11 is 0. The van der Waals surface area contributed by atoms with Crippen LogP contribution in [0.5, 0.6) is 5.75 Å². The largest absolute Gasteiger partial charge is 0.487 e. The Morgan fingerprint density at radius 3 is 2.94 bits per heavy atom. The van der Waals surface area contributed by atoms with E-state index in [2.05, 4.69) is 9.84 Å². The van der Waals surface area contributed by atoms with Gasteiger partial charge in [0.2, 0.25) is 0 Å². The number of nitrogens with zero attached hydrogens (tertiary/aromatic N) is 2. The van der Waals surface area contributed by atoms with E-state index in [0.717, 1.165) is 13.0 Å². The molecular weight excluding hydrogens is 224 g/mol. The van der Waals surface area contributed by atoms with Crippen molar-refractivity contribution in [2.45, 2.75) is 32.4 Å². The monoisotopic (exact) mass is 242 g/mol. The molecule has 1 atom stereocenters. The molecule has 1 N–H and O–H groups in total. The van der Waals surface area contributed by atoms with Gasteiger partial charge in [-0.15, -0.1) is 0 Å². The van der Waals surface area contributed by atoms with Crippen molar-refractivity contribution in [2.75, 3.05) is 13.7 Å². The van der Waals surface area contributed by atoms with Gasteiger partial charge in [0.1, 0.15) is 6.61 Å². The average molecular weight is 242 g/mol. The average Bonchev–Trinajstić information content (AvgIpc) is 2.74. The van der Waals surface area contributed by atoms with Crippen LogP contribution in [0.3, 0.4) is 0 Å². The van der Waals surface area contributed by atoms with E-state index in [4.69, 9.17) is 4.74 Å². The molecule has 0 radical (unpaired) electrons. The zero-order chi connectivity index (χ0) is 12.9. The Bertz CT molecular complexity index is 373. The highest BCUT2D eigenvalue weighted by molar-refractivity contribution is 5.78. The third kappa shape index (κ3) is 3.74. The van der Waals surface area contributed by atoms with Gasteiger partial charge in [0.15, 0.2) is 11.4 Å². The fourth-order valence-corrected chi connectivity index (χ4v) is 1.27. The molecule has 0 amide bonds. The van der Waals surface area contributed by atoms with Crippen molar-refractivity contribution in [3.05, 3.63) is 12.4 Å². The second-order valence-electron chi connectivity index (χ2n) is 3.99. The van der Waals surface area contributed by atoms with Gasteiger partial charge >= 0.3 is 5.97 Å². The SMILES string of the molecule is CCCn1cc(OCC(C)(O)C(=O)OC)cn1. The molecule has 0 bridgehead atoms. The van der Waals surface area contributed by atoms with Gasteiger partial charge in [-0.25, -0.2) is 4.79 Å². The summed E-state index contributed by atoms with van der Waals surface area (Å²) in [6.45, 7) is 4.02. The Hall–Kier alpha value is -1.56. The summed E-state index contributed by atoms with van der Waals surface area (Å²) in [5.74, 6) is -0.207. The fourth-order valence-electron chi connectivity index (χ4n) is 1.27. The molecule has 0 aromatic carbocycles. The number of aromatic nitrogens is 2. The van der Waals surface area contributed by atoms with Crippen molar-refractivity contribution in [1.82, 2.24) is 9.78 Å². The van der Waals surface area contributed by atoms with Crippen LogP contribution in [0.4, 0.5) is 0 Å². The lowest BCUT2D eigenvalue weighted by Gasteiger charge is -2.19. The van der Waals surface area contributed by atoms with E-state index in [1.165, 1.54) is 14.0 Å². The van der Waals surface area contributed by atoms with Crippen LogP contribution in [0.15, 0.2) is 12.4 Å². The molecule has 1 heterocycles. The lowest BCUT2D eigenvalue weighted by Crippen LogP contribution is -2.42. The molecule has 6 heteroatoms. The number of methoxy groups -OCH3 is 1. The summed E-state index contributed by atoms with van der Waals surface area (Å²) < 4.78 is 11.5. The number of ether oxygens (including phenoxy) is 2. The minimum atomic E-state index is -1.65. The van der Waals surface area contributed by atoms with Gasteiger partial charge in [-0.3, -0.25) is 4.68 Å². The smallest absolute Gasteiger partial charge is 0.341 e. The summed E-state index contributed by atoms with van der Waals surface area (Å²) in [5, 5.41) is 13.8. The summed E-state index contributed by atoms with van der Waals surface area (Å²) in [6, 6.07) is 0. The highest BCUT2D eigenvalue weighted by Gasteiger charge is 2.32. The maximum absolute atomic E-state index is 11.2. The predicted octanol–water partition coefficient (Wildman–Crippen LogP) is 0.596. The number of hydrogen-bond donors (Lipinski definition) is 1. The number of carbonyl (C=O) groups excluding carboxylic acids is 1. The zero-order valence-electron chi connectivity index (χ0n) is 10.3. The Labute approximate surface area is 100 Å². The summed E-state index contributed by atoms with van der Waals surface area (Å²) in [6.07, 6.45) is 4.24. The molecule has 0 spiro atoms. The van der Waals surface area contributed by atoms with E-state index in [0.29, 0.717) is 5.75 Å². The van der Waals surface area contributed by atoms with E-state index in [9.17, 15) is 9.90 Å². The molecule has 0 aliphatic carbocycles. The lowest BCUT2D eigenvalue weighted by atomic mass is 10.1. The molecule has 0 saturated carbocycles. The molecule has 1 aromatic rings. The first kappa shape index (κ1) is 13.5. The van der Waals surface area contributed by atoms with Crippen LogP contribution in [-0.2, 0) is 16.1 Å². The van der Waals surface area contributed by atoms with Crippen LogP contribution in [0.1, 0.15) is 20.3 Å². The molecule has 17 heavy (non-hydrogen) atoms. The Morgan fingerprint density at radius 1 is 1.65 bits per heavy atom. The first-order valence-corrected chi connectivity index (χ1v) is 5.45. The van der Waals surface area contributed by atoms with Gasteiger partial charge in [-0.1, -0.05) is 6.92 Å². The first-order chi connectivity index (χ1) is 7.99. The topological polar surface area (TPSA) is 73.6 Å². The first-order valence-electron chi connectivity index (χ1n) is 5.45. The summed E-state index contributed by atoms with van der Waals surface area (Å²) in [4.78, 5) is 11.2. The summed E-state index contributed by atoms with van der Waals surface area (Å²) in [5.41, 5.74) is -1.65. The van der Waals surface area contributed by atoms with Crippen LogP contribution in [0.2, 0.25) is 0 Å². The highest BCUT2D eigenvalue weighted by atomic mass is 16.6. The molecule has 6 nitrogen and oxygen atoms in total. The highest BCUT2D eigenvalue weighted by Crippen LogP contribution is 2.13. The second-order valence-corrected chi connectivity index (χ2v) is 3.99. The molecule has 0 fully saturated rings. The van der Waals surface area contributed by atoms with E-state index in [1.807, 2.05) is 6.92 Å². The Balaban J connectivity index is 2.51. The molecule has 1 rings (SSSR count). The van der Waals surface area contributed by atoms with Gasteiger partial charge in [0, 0.05) is 6.54 Å². The van der Waals surface area contributed by atoms with Gasteiger partial charge in [0.05, 0.1) is 19.5 Å². The van der Waals surface area contributed by atoms with Crippen molar-refractivity contribution in [2.24, 2.45) is 0 Å². The van der Waals surface area contributed by atoms with Crippen LogP contribution in [-0.4, -0.2) is 40.2 Å². The van der Waals surface area contributed by atoms with Crippen LogP contribution >= 0.6 is 0 Å². The predicted molar refractivity (Wildman–Crippen MR) is 60.7 cm³/mol. The minimum Gasteiger partial charge on any atom is -0.487 e. The molecular formula is C11H18N2O4. The number of aliphatic hydroxyl groups is 1. The third-order valence-electron chi connectivity index (χ3n) is 2.21. The van der Waals surface area contributed by atoms with Crippen LogP contribution in [0, 0.1) is 0 Å². The zero-order valence-corrected chi connectivity index (χ0v) is 10.3. The van der Waals surface area contributed by atoms with Crippen LogP contribution in [0.25, 0.3) is 0 Å². The third-order valence-corrected chi connectivity index (χ3v) is 2.21. The van der Waals surface area contributed by atoms with Crippen molar-refractivity contribution in [3.8, 4) is 5.75 Å². The minimum absolute atomic E-state index is 0.169. The second kappa shape index (κ2) is 5.67. The van der Waals surface area contributed by atoms with E-state index < -0.39 is 11.6 Å². The van der Waals surface area contributed by atoms with Crippen molar-refractivity contribution < 1.29 is 19.4 Å². The van der Waals surface area contributed by atoms with E-state index in [1.54, 1.807) is 17.1 Å². The molecule has 1 aromatic heterocycles. The number of hydrogen-bond acceptors (Lipinski definition) is 5. The number of aryl methyl sites for hydroxylation is 1. The van der Waals surface area contributed by atoms with Gasteiger partial charge < -0.3 is 14.6 Å².